The molecule has 0 saturated carbocycles. The number of rotatable bonds is 9. The fourth-order valence-electron chi connectivity index (χ4n) is 2.17. The fourth-order valence-corrected chi connectivity index (χ4v) is 4.18. The first-order valence-electron chi connectivity index (χ1n) is 8.34. The summed E-state index contributed by atoms with van der Waals surface area (Å²) in [5.74, 6) is 0.686. The molecule has 0 fully saturated rings. The minimum atomic E-state index is -3.27. The van der Waals surface area contributed by atoms with Gasteiger partial charge < -0.3 is 10.6 Å². The smallest absolute Gasteiger partial charge is 0.209 e. The van der Waals surface area contributed by atoms with Crippen LogP contribution in [-0.4, -0.2) is 51.1 Å². The van der Waals surface area contributed by atoms with Crippen LogP contribution in [0.25, 0.3) is 0 Å². The second kappa shape index (κ2) is 10.0. The molecule has 0 amide bonds. The second-order valence-electron chi connectivity index (χ2n) is 6.58. The molecule has 142 valence electrons. The Bertz CT molecular complexity index is 646. The minimum absolute atomic E-state index is 0.343. The van der Waals surface area contributed by atoms with Gasteiger partial charge in [-0.2, -0.15) is 0 Å². The average Bonchev–Trinajstić information content (AvgIpc) is 2.49. The number of nitrogens with one attached hydrogen (secondary N) is 3. The summed E-state index contributed by atoms with van der Waals surface area (Å²) in [7, 11) is -3.27. The summed E-state index contributed by atoms with van der Waals surface area (Å²) in [6.07, 6.45) is 1.16. The zero-order valence-corrected chi connectivity index (χ0v) is 17.3. The third-order valence-corrected chi connectivity index (χ3v) is 5.11. The van der Waals surface area contributed by atoms with Gasteiger partial charge in [-0.05, 0) is 32.9 Å². The predicted molar refractivity (Wildman–Crippen MR) is 108 cm³/mol. The molecule has 6 nitrogen and oxygen atoms in total. The first kappa shape index (κ1) is 21.8. The van der Waals surface area contributed by atoms with E-state index in [0.29, 0.717) is 17.8 Å². The minimum Gasteiger partial charge on any atom is -0.357 e. The van der Waals surface area contributed by atoms with E-state index in [-0.39, 0.29) is 0 Å². The van der Waals surface area contributed by atoms with Gasteiger partial charge >= 0.3 is 0 Å². The lowest BCUT2D eigenvalue weighted by Gasteiger charge is -2.23. The summed E-state index contributed by atoms with van der Waals surface area (Å²) >= 11 is 1.80. The topological polar surface area (TPSA) is 82.6 Å². The summed E-state index contributed by atoms with van der Waals surface area (Å²) in [5.41, 5.74) is -0.639. The highest BCUT2D eigenvalue weighted by molar-refractivity contribution is 8.00. The molecule has 8 heteroatoms. The zero-order valence-electron chi connectivity index (χ0n) is 15.7. The van der Waals surface area contributed by atoms with Crippen LogP contribution in [0, 0.1) is 0 Å². The van der Waals surface area contributed by atoms with Crippen molar-refractivity contribution in [3.05, 3.63) is 30.3 Å². The van der Waals surface area contributed by atoms with E-state index in [9.17, 15) is 8.42 Å². The number of thioether (sulfide) groups is 1. The quantitative estimate of drug-likeness (QED) is 0.344. The Kier molecular flexibility index (Phi) is 8.75. The van der Waals surface area contributed by atoms with E-state index in [2.05, 4.69) is 39.4 Å². The summed E-state index contributed by atoms with van der Waals surface area (Å²) in [6, 6.07) is 10.3. The van der Waals surface area contributed by atoms with Crippen LogP contribution in [0.1, 0.15) is 27.7 Å². The molecule has 1 aromatic carbocycles. The lowest BCUT2D eigenvalue weighted by molar-refractivity contribution is 0.464. The number of benzene rings is 1. The van der Waals surface area contributed by atoms with Crippen molar-refractivity contribution in [3.8, 4) is 0 Å². The van der Waals surface area contributed by atoms with E-state index in [4.69, 9.17) is 0 Å². The molecular weight excluding hydrogens is 356 g/mol. The monoisotopic (exact) mass is 386 g/mol. The number of nitrogens with zero attached hydrogens (tertiary/aromatic N) is 1. The van der Waals surface area contributed by atoms with Crippen molar-refractivity contribution in [3.63, 3.8) is 0 Å². The van der Waals surface area contributed by atoms with Gasteiger partial charge in [-0.25, -0.2) is 13.1 Å². The summed E-state index contributed by atoms with van der Waals surface area (Å²) < 4.78 is 25.4. The van der Waals surface area contributed by atoms with Gasteiger partial charge in [-0.1, -0.05) is 25.1 Å². The molecule has 1 aromatic rings. The number of hydrogen-bond acceptors (Lipinski definition) is 4. The molecule has 1 rings (SSSR count). The van der Waals surface area contributed by atoms with Crippen LogP contribution >= 0.6 is 11.8 Å². The normalized spacial score (nSPS) is 14.2. The molecule has 0 bridgehead atoms. The maximum Gasteiger partial charge on any atom is 0.209 e. The fraction of sp³-hybridized carbons (Fsp3) is 0.588. The van der Waals surface area contributed by atoms with Gasteiger partial charge in [0.1, 0.15) is 0 Å². The van der Waals surface area contributed by atoms with Gasteiger partial charge in [0.05, 0.1) is 12.8 Å². The third kappa shape index (κ3) is 10.4. The first-order valence-corrected chi connectivity index (χ1v) is 11.1. The molecular formula is C17H30N4O2S2. The Morgan fingerprint density at radius 1 is 1.24 bits per heavy atom. The van der Waals surface area contributed by atoms with Crippen LogP contribution in [0.4, 0.5) is 0 Å². The van der Waals surface area contributed by atoms with Crippen LogP contribution in [0.5, 0.6) is 0 Å². The maximum atomic E-state index is 11.4. The van der Waals surface area contributed by atoms with Crippen molar-refractivity contribution in [2.45, 2.75) is 43.4 Å². The average molecular weight is 387 g/mol. The Morgan fingerprint density at radius 3 is 2.44 bits per heavy atom. The van der Waals surface area contributed by atoms with Gasteiger partial charge in [0.25, 0.3) is 0 Å². The number of guanidine groups is 1. The number of aliphatic imine (C=N–C) groups is 1. The maximum absolute atomic E-state index is 11.4. The van der Waals surface area contributed by atoms with Crippen molar-refractivity contribution >= 4 is 27.7 Å². The lowest BCUT2D eigenvalue weighted by Crippen LogP contribution is -2.47. The van der Waals surface area contributed by atoms with Crippen LogP contribution in [0.3, 0.4) is 0 Å². The SMILES string of the molecule is CCNC(=NCC(C)(C)NS(C)(=O)=O)NCC(C)Sc1ccccc1. The predicted octanol–water partition coefficient (Wildman–Crippen LogP) is 2.05. The van der Waals surface area contributed by atoms with Gasteiger partial charge in [-0.3, -0.25) is 4.99 Å². The summed E-state index contributed by atoms with van der Waals surface area (Å²) in [6.45, 7) is 9.62. The Balaban J connectivity index is 2.57. The molecule has 0 aromatic heterocycles. The summed E-state index contributed by atoms with van der Waals surface area (Å²) in [4.78, 5) is 5.74. The Morgan fingerprint density at radius 2 is 1.88 bits per heavy atom. The third-order valence-electron chi connectivity index (χ3n) is 3.08. The molecule has 0 saturated heterocycles. The molecule has 0 spiro atoms. The molecule has 25 heavy (non-hydrogen) atoms. The van der Waals surface area contributed by atoms with Crippen LogP contribution in [0.2, 0.25) is 0 Å². The summed E-state index contributed by atoms with van der Waals surface area (Å²) in [5, 5.41) is 6.88. The molecule has 3 N–H and O–H groups in total. The van der Waals surface area contributed by atoms with Crippen LogP contribution in [-0.2, 0) is 10.0 Å². The van der Waals surface area contributed by atoms with E-state index in [1.807, 2.05) is 39.0 Å². The molecule has 1 unspecified atom stereocenters. The van der Waals surface area contributed by atoms with E-state index < -0.39 is 15.6 Å². The molecule has 0 heterocycles. The zero-order chi connectivity index (χ0) is 18.9. The van der Waals surface area contributed by atoms with Gasteiger partial charge in [0.2, 0.25) is 10.0 Å². The molecule has 0 radical (unpaired) electrons. The van der Waals surface area contributed by atoms with Crippen molar-refractivity contribution in [1.29, 1.82) is 0 Å². The van der Waals surface area contributed by atoms with Crippen LogP contribution in [0.15, 0.2) is 40.2 Å². The molecule has 0 aliphatic carbocycles. The Labute approximate surface area is 156 Å². The van der Waals surface area contributed by atoms with E-state index in [1.165, 1.54) is 4.90 Å². The van der Waals surface area contributed by atoms with E-state index in [0.717, 1.165) is 19.3 Å². The highest BCUT2D eigenvalue weighted by atomic mass is 32.2. The largest absolute Gasteiger partial charge is 0.357 e. The first-order chi connectivity index (χ1) is 11.6. The van der Waals surface area contributed by atoms with Gasteiger partial charge in [-0.15, -0.1) is 11.8 Å². The molecule has 0 aliphatic heterocycles. The van der Waals surface area contributed by atoms with Crippen molar-refractivity contribution in [2.75, 3.05) is 25.9 Å². The van der Waals surface area contributed by atoms with Crippen molar-refractivity contribution in [2.24, 2.45) is 4.99 Å². The highest BCUT2D eigenvalue weighted by Crippen LogP contribution is 2.21. The molecule has 0 aliphatic rings. The molecule has 1 atom stereocenters. The Hall–Kier alpha value is -1.25. The van der Waals surface area contributed by atoms with Crippen LogP contribution < -0.4 is 15.4 Å². The standard InChI is InChI=1S/C17H30N4O2S2/c1-6-18-16(20-13-17(3,4)21-25(5,22)23)19-12-14(2)24-15-10-8-7-9-11-15/h7-11,14,21H,6,12-13H2,1-5H3,(H2,18,19,20). The van der Waals surface area contributed by atoms with Gasteiger partial charge in [0, 0.05) is 28.8 Å². The lowest BCUT2D eigenvalue weighted by atomic mass is 10.1. The van der Waals surface area contributed by atoms with E-state index in [1.54, 1.807) is 11.8 Å². The van der Waals surface area contributed by atoms with Gasteiger partial charge in [0.15, 0.2) is 5.96 Å². The van der Waals surface area contributed by atoms with E-state index >= 15 is 0 Å². The highest BCUT2D eigenvalue weighted by Gasteiger charge is 2.21. The second-order valence-corrected chi connectivity index (χ2v) is 9.84. The van der Waals surface area contributed by atoms with Crippen molar-refractivity contribution < 1.29 is 8.42 Å². The number of sulfonamides is 1. The number of hydrogen-bond donors (Lipinski definition) is 3. The van der Waals surface area contributed by atoms with Crippen molar-refractivity contribution in [1.82, 2.24) is 15.4 Å².